The summed E-state index contributed by atoms with van der Waals surface area (Å²) >= 11 is 0. The quantitative estimate of drug-likeness (QED) is 0.542. The van der Waals surface area contributed by atoms with E-state index in [1.807, 2.05) is 0 Å². The van der Waals surface area contributed by atoms with Crippen LogP contribution in [0.2, 0.25) is 0 Å². The van der Waals surface area contributed by atoms with Crippen molar-refractivity contribution in [1.82, 2.24) is 0 Å². The fourth-order valence-corrected chi connectivity index (χ4v) is 3.24. The number of hydrogen-bond donors (Lipinski definition) is 0. The number of nitrogens with zero attached hydrogens (tertiary/aromatic N) is 1. The Morgan fingerprint density at radius 1 is 1.04 bits per heavy atom. The molecular weight excluding hydrogens is 358 g/mol. The van der Waals surface area contributed by atoms with Crippen LogP contribution in [0.15, 0.2) is 48.5 Å². The predicted molar refractivity (Wildman–Crippen MR) is 97.3 cm³/mol. The van der Waals surface area contributed by atoms with Crippen LogP contribution in [-0.2, 0) is 14.8 Å². The first-order valence-corrected chi connectivity index (χ1v) is 9.45. The minimum absolute atomic E-state index is 0.0545. The fraction of sp³-hybridized carbons (Fsp3) is 0.222. The maximum absolute atomic E-state index is 12.6. The molecule has 138 valence electrons. The molecule has 26 heavy (non-hydrogen) atoms. The Morgan fingerprint density at radius 3 is 2.35 bits per heavy atom. The van der Waals surface area contributed by atoms with Crippen LogP contribution in [0.3, 0.4) is 0 Å². The van der Waals surface area contributed by atoms with Gasteiger partial charge in [0.1, 0.15) is 5.75 Å². The summed E-state index contributed by atoms with van der Waals surface area (Å²) < 4.78 is 35.2. The second-order valence-electron chi connectivity index (χ2n) is 5.43. The maximum Gasteiger partial charge on any atom is 0.340 e. The molecule has 0 N–H and O–H groups in total. The lowest BCUT2D eigenvalue weighted by atomic mass is 10.1. The van der Waals surface area contributed by atoms with Crippen molar-refractivity contribution in [2.75, 3.05) is 31.3 Å². The zero-order chi connectivity index (χ0) is 19.3. The highest BCUT2D eigenvalue weighted by molar-refractivity contribution is 7.92. The molecule has 0 atom stereocenters. The average molecular weight is 377 g/mol. The van der Waals surface area contributed by atoms with E-state index in [0.717, 1.165) is 10.6 Å². The number of esters is 1. The van der Waals surface area contributed by atoms with E-state index >= 15 is 0 Å². The van der Waals surface area contributed by atoms with E-state index in [1.54, 1.807) is 30.3 Å². The topological polar surface area (TPSA) is 90.0 Å². The molecule has 0 radical (unpaired) electrons. The Labute approximate surface area is 152 Å². The molecule has 0 fully saturated rings. The van der Waals surface area contributed by atoms with Gasteiger partial charge in [-0.05, 0) is 24.3 Å². The Morgan fingerprint density at radius 2 is 1.73 bits per heavy atom. The fourth-order valence-electron chi connectivity index (χ4n) is 2.37. The highest BCUT2D eigenvalue weighted by Gasteiger charge is 2.26. The Balaban J connectivity index is 2.44. The van der Waals surface area contributed by atoms with Crippen LogP contribution >= 0.6 is 0 Å². The number of carbonyl (C=O) groups excluding carboxylic acids is 2. The standard InChI is InChI=1S/C18H19NO6S/c1-24-14-8-6-7-13(11-14)17(20)12-19(26(3,22)23)16-10-5-4-9-15(16)18(21)25-2/h4-11H,12H2,1-3H3. The van der Waals surface area contributed by atoms with Gasteiger partial charge in [-0.15, -0.1) is 0 Å². The summed E-state index contributed by atoms with van der Waals surface area (Å²) in [5.41, 5.74) is 0.436. The summed E-state index contributed by atoms with van der Waals surface area (Å²) in [5, 5.41) is 0. The number of hydrogen-bond acceptors (Lipinski definition) is 6. The molecule has 2 aromatic carbocycles. The number of Topliss-reactive ketones (excluding diaryl/α,β-unsaturated/α-hetero) is 1. The van der Waals surface area contributed by atoms with E-state index in [9.17, 15) is 18.0 Å². The molecule has 2 rings (SSSR count). The van der Waals surface area contributed by atoms with Crippen LogP contribution < -0.4 is 9.04 Å². The highest BCUT2D eigenvalue weighted by atomic mass is 32.2. The summed E-state index contributed by atoms with van der Waals surface area (Å²) in [6.45, 7) is -0.458. The molecule has 0 aliphatic carbocycles. The van der Waals surface area contributed by atoms with Gasteiger partial charge in [-0.25, -0.2) is 13.2 Å². The van der Waals surface area contributed by atoms with Gasteiger partial charge in [0, 0.05) is 5.56 Å². The monoisotopic (exact) mass is 377 g/mol. The Kier molecular flexibility index (Phi) is 5.99. The third-order valence-electron chi connectivity index (χ3n) is 3.66. The molecule has 0 saturated carbocycles. The molecule has 0 spiro atoms. The van der Waals surface area contributed by atoms with Crippen molar-refractivity contribution in [3.05, 3.63) is 59.7 Å². The normalized spacial score (nSPS) is 10.9. The van der Waals surface area contributed by atoms with E-state index in [-0.39, 0.29) is 11.3 Å². The first kappa shape index (κ1) is 19.5. The Bertz CT molecular complexity index is 923. The first-order chi connectivity index (χ1) is 12.3. The molecule has 0 aliphatic heterocycles. The highest BCUT2D eigenvalue weighted by Crippen LogP contribution is 2.24. The van der Waals surface area contributed by atoms with E-state index in [1.165, 1.54) is 32.4 Å². The number of carbonyl (C=O) groups is 2. The minimum atomic E-state index is -3.83. The number of para-hydroxylation sites is 1. The lowest BCUT2D eigenvalue weighted by Gasteiger charge is -2.23. The number of methoxy groups -OCH3 is 2. The van der Waals surface area contributed by atoms with Crippen LogP contribution in [0, 0.1) is 0 Å². The van der Waals surface area contributed by atoms with Gasteiger partial charge >= 0.3 is 5.97 Å². The third kappa shape index (κ3) is 4.40. The van der Waals surface area contributed by atoms with Crippen molar-refractivity contribution in [3.8, 4) is 5.75 Å². The van der Waals surface area contributed by atoms with Crippen molar-refractivity contribution >= 4 is 27.5 Å². The van der Waals surface area contributed by atoms with Crippen molar-refractivity contribution in [3.63, 3.8) is 0 Å². The molecular formula is C18H19NO6S. The number of anilines is 1. The molecule has 0 amide bonds. The molecule has 8 heteroatoms. The van der Waals surface area contributed by atoms with Crippen LogP contribution in [0.25, 0.3) is 0 Å². The van der Waals surface area contributed by atoms with Gasteiger partial charge in [0.25, 0.3) is 0 Å². The second-order valence-corrected chi connectivity index (χ2v) is 7.34. The third-order valence-corrected chi connectivity index (χ3v) is 4.78. The van der Waals surface area contributed by atoms with Gasteiger partial charge in [-0.3, -0.25) is 9.10 Å². The van der Waals surface area contributed by atoms with Crippen molar-refractivity contribution in [2.45, 2.75) is 0 Å². The molecule has 0 unspecified atom stereocenters. The summed E-state index contributed by atoms with van der Waals surface area (Å²) in [6.07, 6.45) is 0.972. The van der Waals surface area contributed by atoms with Crippen molar-refractivity contribution in [1.29, 1.82) is 0 Å². The summed E-state index contributed by atoms with van der Waals surface area (Å²) in [5.74, 6) is -0.645. The SMILES string of the molecule is COC(=O)c1ccccc1N(CC(=O)c1cccc(OC)c1)S(C)(=O)=O. The van der Waals surface area contributed by atoms with Gasteiger partial charge in [-0.2, -0.15) is 0 Å². The van der Waals surface area contributed by atoms with Crippen LogP contribution in [0.4, 0.5) is 5.69 Å². The number of ether oxygens (including phenoxy) is 2. The molecule has 2 aromatic rings. The molecule has 0 bridgehead atoms. The van der Waals surface area contributed by atoms with Crippen LogP contribution in [-0.4, -0.2) is 47.2 Å². The number of rotatable bonds is 7. The van der Waals surface area contributed by atoms with Gasteiger partial charge in [0.15, 0.2) is 5.78 Å². The van der Waals surface area contributed by atoms with E-state index in [2.05, 4.69) is 0 Å². The van der Waals surface area contributed by atoms with E-state index in [4.69, 9.17) is 9.47 Å². The molecule has 7 nitrogen and oxygen atoms in total. The average Bonchev–Trinajstić information content (AvgIpc) is 2.64. The summed E-state index contributed by atoms with van der Waals surface area (Å²) in [7, 11) is -1.16. The second kappa shape index (κ2) is 8.01. The van der Waals surface area contributed by atoms with Crippen molar-refractivity contribution < 1.29 is 27.5 Å². The molecule has 0 aromatic heterocycles. The van der Waals surface area contributed by atoms with Gasteiger partial charge in [0.2, 0.25) is 10.0 Å². The maximum atomic E-state index is 12.6. The first-order valence-electron chi connectivity index (χ1n) is 7.60. The molecule has 0 saturated heterocycles. The number of ketones is 1. The van der Waals surface area contributed by atoms with Crippen LogP contribution in [0.5, 0.6) is 5.75 Å². The van der Waals surface area contributed by atoms with Gasteiger partial charge in [-0.1, -0.05) is 24.3 Å². The van der Waals surface area contributed by atoms with Crippen LogP contribution in [0.1, 0.15) is 20.7 Å². The molecule has 0 aliphatic rings. The van der Waals surface area contributed by atoms with E-state index < -0.39 is 28.3 Å². The zero-order valence-corrected chi connectivity index (χ0v) is 15.4. The largest absolute Gasteiger partial charge is 0.497 e. The lowest BCUT2D eigenvalue weighted by Crippen LogP contribution is -2.36. The summed E-state index contributed by atoms with van der Waals surface area (Å²) in [4.78, 5) is 24.6. The predicted octanol–water partition coefficient (Wildman–Crippen LogP) is 2.13. The van der Waals surface area contributed by atoms with E-state index in [0.29, 0.717) is 11.3 Å². The van der Waals surface area contributed by atoms with Crippen molar-refractivity contribution in [2.24, 2.45) is 0 Å². The zero-order valence-electron chi connectivity index (χ0n) is 14.6. The summed E-state index contributed by atoms with van der Waals surface area (Å²) in [6, 6.07) is 12.5. The molecule has 0 heterocycles. The van der Waals surface area contributed by atoms with Gasteiger partial charge in [0.05, 0.1) is 38.3 Å². The van der Waals surface area contributed by atoms with Gasteiger partial charge < -0.3 is 9.47 Å². The minimum Gasteiger partial charge on any atom is -0.497 e. The lowest BCUT2D eigenvalue weighted by molar-refractivity contribution is 0.0601. The Hall–Kier alpha value is -2.87. The number of benzene rings is 2. The number of sulfonamides is 1. The smallest absolute Gasteiger partial charge is 0.340 e.